The summed E-state index contributed by atoms with van der Waals surface area (Å²) in [6.45, 7) is 3.42. The van der Waals surface area contributed by atoms with Gasteiger partial charge in [0.1, 0.15) is 24.5 Å². The lowest BCUT2D eigenvalue weighted by Crippen LogP contribution is -2.31. The first-order valence-corrected chi connectivity index (χ1v) is 7.67. The Morgan fingerprint density at radius 1 is 1.38 bits per heavy atom. The van der Waals surface area contributed by atoms with Gasteiger partial charge in [0.05, 0.1) is 5.56 Å². The molecule has 0 aliphatic heterocycles. The molecule has 0 bridgehead atoms. The molecule has 0 amide bonds. The zero-order chi connectivity index (χ0) is 15.1. The predicted molar refractivity (Wildman–Crippen MR) is 83.4 cm³/mol. The molecule has 0 spiro atoms. The lowest BCUT2D eigenvalue weighted by molar-refractivity contribution is 0.106. The number of nitriles is 1. The Hall–Kier alpha value is -1.87. The van der Waals surface area contributed by atoms with E-state index in [1.54, 1.807) is 35.6 Å². The molecule has 2 rings (SSSR count). The number of ether oxygens (including phenoxy) is 1. The van der Waals surface area contributed by atoms with Gasteiger partial charge in [0.2, 0.25) is 0 Å². The van der Waals surface area contributed by atoms with E-state index in [0.29, 0.717) is 17.9 Å². The predicted octanol–water partition coefficient (Wildman–Crippen LogP) is 2.46. The molecular weight excluding hydrogens is 284 g/mol. The van der Waals surface area contributed by atoms with E-state index in [-0.39, 0.29) is 6.61 Å². The van der Waals surface area contributed by atoms with Crippen molar-refractivity contribution in [2.24, 2.45) is 0 Å². The summed E-state index contributed by atoms with van der Waals surface area (Å²) in [6, 6.07) is 9.08. The second-order valence-corrected chi connectivity index (χ2v) is 5.53. The maximum absolute atomic E-state index is 9.90. The molecule has 110 valence electrons. The number of thiophene rings is 1. The molecule has 4 nitrogen and oxygen atoms in total. The van der Waals surface area contributed by atoms with Crippen LogP contribution in [0, 0.1) is 18.3 Å². The van der Waals surface area contributed by atoms with E-state index in [4.69, 9.17) is 10.00 Å². The summed E-state index contributed by atoms with van der Waals surface area (Å²) in [5.74, 6) is 0.507. The van der Waals surface area contributed by atoms with E-state index in [2.05, 4.69) is 29.1 Å². The number of hydrogen-bond donors (Lipinski definition) is 2. The van der Waals surface area contributed by atoms with Crippen molar-refractivity contribution in [3.63, 3.8) is 0 Å². The second kappa shape index (κ2) is 7.79. The van der Waals surface area contributed by atoms with Crippen molar-refractivity contribution in [2.75, 3.05) is 13.2 Å². The molecule has 0 radical (unpaired) electrons. The Labute approximate surface area is 128 Å². The van der Waals surface area contributed by atoms with Crippen LogP contribution in [-0.4, -0.2) is 24.4 Å². The van der Waals surface area contributed by atoms with Crippen molar-refractivity contribution in [1.82, 2.24) is 5.32 Å². The topological polar surface area (TPSA) is 65.3 Å². The number of aliphatic hydroxyl groups is 1. The van der Waals surface area contributed by atoms with E-state index in [1.165, 1.54) is 11.1 Å². The van der Waals surface area contributed by atoms with Crippen LogP contribution in [0.15, 0.2) is 35.0 Å². The van der Waals surface area contributed by atoms with Crippen LogP contribution < -0.4 is 10.1 Å². The molecule has 0 saturated carbocycles. The van der Waals surface area contributed by atoms with Crippen LogP contribution in [0.25, 0.3) is 0 Å². The Morgan fingerprint density at radius 3 is 2.90 bits per heavy atom. The summed E-state index contributed by atoms with van der Waals surface area (Å²) in [5, 5.41) is 26.3. The van der Waals surface area contributed by atoms with Gasteiger partial charge in [-0.2, -0.15) is 16.6 Å². The van der Waals surface area contributed by atoms with Crippen LogP contribution in [0.1, 0.15) is 16.7 Å². The number of nitrogens with zero attached hydrogens (tertiary/aromatic N) is 1. The van der Waals surface area contributed by atoms with E-state index in [1.807, 2.05) is 0 Å². The molecule has 1 heterocycles. The molecule has 21 heavy (non-hydrogen) atoms. The quantitative estimate of drug-likeness (QED) is 0.824. The van der Waals surface area contributed by atoms with Crippen molar-refractivity contribution in [3.05, 3.63) is 51.7 Å². The second-order valence-electron chi connectivity index (χ2n) is 4.78. The molecule has 2 N–H and O–H groups in total. The zero-order valence-electron chi connectivity index (χ0n) is 11.9. The first-order valence-electron chi connectivity index (χ1n) is 6.73. The number of rotatable bonds is 7. The summed E-state index contributed by atoms with van der Waals surface area (Å²) in [4.78, 5) is 0. The molecule has 1 aromatic carbocycles. The summed E-state index contributed by atoms with van der Waals surface area (Å²) in [7, 11) is 0. The Morgan fingerprint density at radius 2 is 2.19 bits per heavy atom. The minimum Gasteiger partial charge on any atom is -0.489 e. The molecule has 0 aliphatic rings. The Balaban J connectivity index is 1.74. The van der Waals surface area contributed by atoms with Gasteiger partial charge in [-0.1, -0.05) is 12.1 Å². The summed E-state index contributed by atoms with van der Waals surface area (Å²) < 4.78 is 5.49. The highest BCUT2D eigenvalue weighted by molar-refractivity contribution is 7.08. The van der Waals surface area contributed by atoms with Crippen LogP contribution in [0.2, 0.25) is 0 Å². The zero-order valence-corrected chi connectivity index (χ0v) is 12.7. The lowest BCUT2D eigenvalue weighted by Gasteiger charge is -2.14. The average molecular weight is 302 g/mol. The fraction of sp³-hybridized carbons (Fsp3) is 0.312. The average Bonchev–Trinajstić information content (AvgIpc) is 2.91. The summed E-state index contributed by atoms with van der Waals surface area (Å²) >= 11 is 1.68. The Kier molecular flexibility index (Phi) is 5.76. The summed E-state index contributed by atoms with van der Waals surface area (Å²) in [6.07, 6.45) is -0.615. The van der Waals surface area contributed by atoms with E-state index >= 15 is 0 Å². The third-order valence-electron chi connectivity index (χ3n) is 3.10. The van der Waals surface area contributed by atoms with Crippen LogP contribution in [-0.2, 0) is 6.54 Å². The highest BCUT2D eigenvalue weighted by Crippen LogP contribution is 2.16. The smallest absolute Gasteiger partial charge is 0.137 e. The lowest BCUT2D eigenvalue weighted by atomic mass is 10.2. The fourth-order valence-corrected chi connectivity index (χ4v) is 2.73. The maximum atomic E-state index is 9.90. The van der Waals surface area contributed by atoms with Crippen molar-refractivity contribution < 1.29 is 9.84 Å². The summed E-state index contributed by atoms with van der Waals surface area (Å²) in [5.41, 5.74) is 3.00. The van der Waals surface area contributed by atoms with Gasteiger partial charge < -0.3 is 15.2 Å². The monoisotopic (exact) mass is 302 g/mol. The van der Waals surface area contributed by atoms with E-state index in [0.717, 1.165) is 6.54 Å². The maximum Gasteiger partial charge on any atom is 0.137 e. The molecular formula is C16H18N2O2S. The number of hydrogen-bond acceptors (Lipinski definition) is 5. The minimum absolute atomic E-state index is 0.161. The van der Waals surface area contributed by atoms with Gasteiger partial charge in [0, 0.05) is 13.1 Å². The van der Waals surface area contributed by atoms with Crippen molar-refractivity contribution in [3.8, 4) is 11.8 Å². The van der Waals surface area contributed by atoms with Crippen molar-refractivity contribution >= 4 is 11.3 Å². The molecule has 0 saturated heterocycles. The molecule has 0 fully saturated rings. The molecule has 1 unspecified atom stereocenters. The van der Waals surface area contributed by atoms with Gasteiger partial charge in [-0.25, -0.2) is 0 Å². The molecule has 5 heteroatoms. The van der Waals surface area contributed by atoms with Crippen molar-refractivity contribution in [1.29, 1.82) is 5.26 Å². The molecule has 1 aromatic heterocycles. The van der Waals surface area contributed by atoms with Gasteiger partial charge in [-0.3, -0.25) is 0 Å². The first kappa shape index (κ1) is 15.5. The van der Waals surface area contributed by atoms with E-state index < -0.39 is 6.10 Å². The number of nitrogens with one attached hydrogen (secondary N) is 1. The highest BCUT2D eigenvalue weighted by Gasteiger charge is 2.08. The number of aryl methyl sites for hydroxylation is 1. The number of para-hydroxylation sites is 1. The highest BCUT2D eigenvalue weighted by atomic mass is 32.1. The normalized spacial score (nSPS) is 11.9. The van der Waals surface area contributed by atoms with Gasteiger partial charge in [0.25, 0.3) is 0 Å². The van der Waals surface area contributed by atoms with Gasteiger partial charge in [-0.15, -0.1) is 0 Å². The third kappa shape index (κ3) is 4.57. The van der Waals surface area contributed by atoms with Crippen LogP contribution in [0.4, 0.5) is 0 Å². The van der Waals surface area contributed by atoms with Gasteiger partial charge in [-0.05, 0) is 40.9 Å². The van der Waals surface area contributed by atoms with Gasteiger partial charge >= 0.3 is 0 Å². The number of benzene rings is 1. The molecule has 0 aliphatic carbocycles. The Bertz CT molecular complexity index is 619. The largest absolute Gasteiger partial charge is 0.489 e. The number of aliphatic hydroxyl groups excluding tert-OH is 1. The molecule has 2 aromatic rings. The van der Waals surface area contributed by atoms with Gasteiger partial charge in [0.15, 0.2) is 0 Å². The van der Waals surface area contributed by atoms with Crippen LogP contribution in [0.3, 0.4) is 0 Å². The van der Waals surface area contributed by atoms with Crippen LogP contribution in [0.5, 0.6) is 5.75 Å². The first-order chi connectivity index (χ1) is 10.2. The van der Waals surface area contributed by atoms with E-state index in [9.17, 15) is 5.11 Å². The van der Waals surface area contributed by atoms with Crippen molar-refractivity contribution in [2.45, 2.75) is 19.6 Å². The standard InChI is InChI=1S/C16H18N2O2S/c1-12-10-21-11-14(12)7-18-8-15(19)9-20-16-5-3-2-4-13(16)6-17/h2-5,10-11,15,18-19H,7-9H2,1H3. The fourth-order valence-electron chi connectivity index (χ4n) is 1.87. The molecule has 1 atom stereocenters. The minimum atomic E-state index is -0.615. The third-order valence-corrected chi connectivity index (χ3v) is 4.01. The van der Waals surface area contributed by atoms with Crippen LogP contribution >= 0.6 is 11.3 Å². The SMILES string of the molecule is Cc1cscc1CNCC(O)COc1ccccc1C#N.